The molecule has 3 heterocycles. The fourth-order valence-corrected chi connectivity index (χ4v) is 1.91. The van der Waals surface area contributed by atoms with E-state index in [0.29, 0.717) is 12.5 Å². The molecule has 0 bridgehead atoms. The summed E-state index contributed by atoms with van der Waals surface area (Å²) >= 11 is 0. The molecule has 1 saturated heterocycles. The summed E-state index contributed by atoms with van der Waals surface area (Å²) in [6, 6.07) is 3.36. The van der Waals surface area contributed by atoms with Crippen LogP contribution in [-0.2, 0) is 4.74 Å². The van der Waals surface area contributed by atoms with Crippen molar-refractivity contribution >= 4 is 5.65 Å². The van der Waals surface area contributed by atoms with Crippen LogP contribution in [0.25, 0.3) is 5.65 Å². The minimum atomic E-state index is 0.225. The molecular weight excluding hydrogens is 194 g/mol. The molecule has 1 aliphatic rings. The van der Waals surface area contributed by atoms with Crippen molar-refractivity contribution in [1.82, 2.24) is 14.6 Å². The van der Waals surface area contributed by atoms with Crippen molar-refractivity contribution in [3.05, 3.63) is 24.2 Å². The van der Waals surface area contributed by atoms with Gasteiger partial charge in [0.25, 0.3) is 0 Å². The third-order valence-electron chi connectivity index (χ3n) is 2.71. The van der Waals surface area contributed by atoms with Crippen molar-refractivity contribution in [2.24, 2.45) is 0 Å². The molecule has 2 aromatic rings. The molecule has 0 radical (unpaired) electrons. The molecule has 0 aliphatic carbocycles. The summed E-state index contributed by atoms with van der Waals surface area (Å²) in [6.45, 7) is 1.47. The summed E-state index contributed by atoms with van der Waals surface area (Å²) < 4.78 is 7.14. The Labute approximate surface area is 86.3 Å². The van der Waals surface area contributed by atoms with Crippen LogP contribution in [0.5, 0.6) is 5.75 Å². The van der Waals surface area contributed by atoms with Crippen LogP contribution in [-0.4, -0.2) is 32.9 Å². The van der Waals surface area contributed by atoms with Gasteiger partial charge in [0.05, 0.1) is 12.8 Å². The summed E-state index contributed by atoms with van der Waals surface area (Å²) in [7, 11) is 0. The van der Waals surface area contributed by atoms with Crippen LogP contribution in [0.4, 0.5) is 0 Å². The van der Waals surface area contributed by atoms with Crippen LogP contribution >= 0.6 is 0 Å². The number of hydrogen-bond donors (Lipinski definition) is 1. The summed E-state index contributed by atoms with van der Waals surface area (Å²) in [5.41, 5.74) is 0.759. The lowest BCUT2D eigenvalue weighted by Crippen LogP contribution is -2.03. The maximum Gasteiger partial charge on any atom is 0.161 e. The largest absolute Gasteiger partial charge is 0.506 e. The Hall–Kier alpha value is -1.62. The van der Waals surface area contributed by atoms with Gasteiger partial charge in [-0.15, -0.1) is 10.2 Å². The number of rotatable bonds is 1. The van der Waals surface area contributed by atoms with Gasteiger partial charge in [-0.25, -0.2) is 0 Å². The van der Waals surface area contributed by atoms with E-state index in [1.165, 1.54) is 0 Å². The molecule has 1 fully saturated rings. The number of ether oxygens (including phenoxy) is 1. The van der Waals surface area contributed by atoms with E-state index in [0.717, 1.165) is 24.5 Å². The number of fused-ring (bicyclic) bond motifs is 1. The highest BCUT2D eigenvalue weighted by Gasteiger charge is 2.22. The van der Waals surface area contributed by atoms with E-state index in [1.54, 1.807) is 18.3 Å². The standard InChI is InChI=1S/C10H11N3O2/c14-8-1-2-9-11-12-10(13(9)5-8)7-3-4-15-6-7/h1-2,5,7,14H,3-4,6H2. The van der Waals surface area contributed by atoms with Crippen molar-refractivity contribution < 1.29 is 9.84 Å². The first-order valence-electron chi connectivity index (χ1n) is 4.96. The van der Waals surface area contributed by atoms with E-state index < -0.39 is 0 Å². The average Bonchev–Trinajstić information content (AvgIpc) is 2.83. The normalized spacial score (nSPS) is 21.2. The van der Waals surface area contributed by atoms with Gasteiger partial charge in [-0.3, -0.25) is 4.40 Å². The van der Waals surface area contributed by atoms with E-state index in [9.17, 15) is 5.11 Å². The lowest BCUT2D eigenvalue weighted by molar-refractivity contribution is 0.193. The molecular formula is C10H11N3O2. The Morgan fingerprint density at radius 3 is 3.13 bits per heavy atom. The Morgan fingerprint density at radius 1 is 1.40 bits per heavy atom. The molecule has 5 heteroatoms. The Morgan fingerprint density at radius 2 is 2.33 bits per heavy atom. The number of aromatic nitrogens is 3. The van der Waals surface area contributed by atoms with Crippen LogP contribution in [0.2, 0.25) is 0 Å². The van der Waals surface area contributed by atoms with Gasteiger partial charge in [0, 0.05) is 12.5 Å². The van der Waals surface area contributed by atoms with Crippen molar-refractivity contribution in [2.75, 3.05) is 13.2 Å². The van der Waals surface area contributed by atoms with Crippen LogP contribution in [0.15, 0.2) is 18.3 Å². The number of aromatic hydroxyl groups is 1. The maximum atomic E-state index is 9.41. The molecule has 1 atom stereocenters. The first-order chi connectivity index (χ1) is 7.34. The highest BCUT2D eigenvalue weighted by molar-refractivity contribution is 5.41. The SMILES string of the molecule is Oc1ccc2nnc(C3CCOC3)n2c1. The predicted molar refractivity (Wildman–Crippen MR) is 52.8 cm³/mol. The Balaban J connectivity index is 2.13. The molecule has 0 spiro atoms. The predicted octanol–water partition coefficient (Wildman–Crippen LogP) is 0.939. The van der Waals surface area contributed by atoms with Crippen LogP contribution < -0.4 is 0 Å². The second kappa shape index (κ2) is 3.20. The number of hydrogen-bond acceptors (Lipinski definition) is 4. The van der Waals surface area contributed by atoms with E-state index >= 15 is 0 Å². The summed E-state index contributed by atoms with van der Waals surface area (Å²) in [4.78, 5) is 0. The second-order valence-corrected chi connectivity index (χ2v) is 3.73. The minimum Gasteiger partial charge on any atom is -0.506 e. The van der Waals surface area contributed by atoms with E-state index in [-0.39, 0.29) is 5.75 Å². The highest BCUT2D eigenvalue weighted by atomic mass is 16.5. The molecule has 78 valence electrons. The fourth-order valence-electron chi connectivity index (χ4n) is 1.91. The molecule has 1 aliphatic heterocycles. The van der Waals surface area contributed by atoms with Gasteiger partial charge in [0.2, 0.25) is 0 Å². The zero-order chi connectivity index (χ0) is 10.3. The zero-order valence-electron chi connectivity index (χ0n) is 8.13. The zero-order valence-corrected chi connectivity index (χ0v) is 8.13. The lowest BCUT2D eigenvalue weighted by atomic mass is 10.1. The van der Waals surface area contributed by atoms with Crippen molar-refractivity contribution in [1.29, 1.82) is 0 Å². The van der Waals surface area contributed by atoms with Gasteiger partial charge in [0.1, 0.15) is 11.6 Å². The molecule has 0 amide bonds. The molecule has 1 unspecified atom stereocenters. The molecule has 2 aromatic heterocycles. The van der Waals surface area contributed by atoms with Gasteiger partial charge in [-0.1, -0.05) is 0 Å². The van der Waals surface area contributed by atoms with Crippen LogP contribution in [0.3, 0.4) is 0 Å². The number of pyridine rings is 1. The third kappa shape index (κ3) is 1.35. The maximum absolute atomic E-state index is 9.41. The summed E-state index contributed by atoms with van der Waals surface area (Å²) in [5.74, 6) is 1.39. The Bertz CT molecular complexity index is 488. The quantitative estimate of drug-likeness (QED) is 0.752. The van der Waals surface area contributed by atoms with Gasteiger partial charge < -0.3 is 9.84 Å². The van der Waals surface area contributed by atoms with Crippen molar-refractivity contribution in [2.45, 2.75) is 12.3 Å². The summed E-state index contributed by atoms with van der Waals surface area (Å²) in [6.07, 6.45) is 2.61. The molecule has 5 nitrogen and oxygen atoms in total. The first kappa shape index (κ1) is 8.67. The second-order valence-electron chi connectivity index (χ2n) is 3.73. The van der Waals surface area contributed by atoms with Crippen molar-refractivity contribution in [3.63, 3.8) is 0 Å². The van der Waals surface area contributed by atoms with Crippen molar-refractivity contribution in [3.8, 4) is 5.75 Å². The molecule has 1 N–H and O–H groups in total. The molecule has 0 saturated carbocycles. The lowest BCUT2D eigenvalue weighted by Gasteiger charge is -2.04. The van der Waals surface area contributed by atoms with Gasteiger partial charge in [0.15, 0.2) is 5.65 Å². The summed E-state index contributed by atoms with van der Waals surface area (Å²) in [5, 5.41) is 17.6. The third-order valence-corrected chi connectivity index (χ3v) is 2.71. The average molecular weight is 205 g/mol. The van der Waals surface area contributed by atoms with Crippen LogP contribution in [0.1, 0.15) is 18.2 Å². The number of nitrogens with zero attached hydrogens (tertiary/aromatic N) is 3. The van der Waals surface area contributed by atoms with Crippen LogP contribution in [0, 0.1) is 0 Å². The smallest absolute Gasteiger partial charge is 0.161 e. The molecule has 3 rings (SSSR count). The molecule has 0 aromatic carbocycles. The van der Waals surface area contributed by atoms with Gasteiger partial charge in [-0.05, 0) is 18.6 Å². The minimum absolute atomic E-state index is 0.225. The van der Waals surface area contributed by atoms with E-state index in [2.05, 4.69) is 10.2 Å². The monoisotopic (exact) mass is 205 g/mol. The Kier molecular flexibility index (Phi) is 1.85. The fraction of sp³-hybridized carbons (Fsp3) is 0.400. The van der Waals surface area contributed by atoms with Gasteiger partial charge >= 0.3 is 0 Å². The first-order valence-corrected chi connectivity index (χ1v) is 4.96. The van der Waals surface area contributed by atoms with E-state index in [4.69, 9.17) is 4.74 Å². The topological polar surface area (TPSA) is 59.7 Å². The van der Waals surface area contributed by atoms with E-state index in [1.807, 2.05) is 4.40 Å². The molecule has 15 heavy (non-hydrogen) atoms. The highest BCUT2D eigenvalue weighted by Crippen LogP contribution is 2.24. The van der Waals surface area contributed by atoms with Gasteiger partial charge in [-0.2, -0.15) is 0 Å².